The van der Waals surface area contributed by atoms with Crippen molar-refractivity contribution in [3.63, 3.8) is 0 Å². The molecule has 0 saturated heterocycles. The molecule has 158 valence electrons. The van der Waals surface area contributed by atoms with Gasteiger partial charge in [0.1, 0.15) is 10.7 Å². The number of aromatic nitrogens is 1. The maximum absolute atomic E-state index is 13.4. The van der Waals surface area contributed by atoms with E-state index < -0.39 is 21.7 Å². The van der Waals surface area contributed by atoms with E-state index in [1.165, 1.54) is 43.4 Å². The van der Waals surface area contributed by atoms with Crippen molar-refractivity contribution >= 4 is 59.9 Å². The molecule has 1 amide bonds. The van der Waals surface area contributed by atoms with E-state index in [1.54, 1.807) is 30.3 Å². The molecule has 0 aliphatic carbocycles. The lowest BCUT2D eigenvalue weighted by Crippen LogP contribution is -2.27. The fourth-order valence-electron chi connectivity index (χ4n) is 2.89. The highest BCUT2D eigenvalue weighted by molar-refractivity contribution is 7.93. The van der Waals surface area contributed by atoms with Crippen molar-refractivity contribution in [1.29, 1.82) is 0 Å². The number of thiazole rings is 1. The molecule has 31 heavy (non-hydrogen) atoms. The summed E-state index contributed by atoms with van der Waals surface area (Å²) in [6.07, 6.45) is 0. The second-order valence-electron chi connectivity index (χ2n) is 6.54. The zero-order chi connectivity index (χ0) is 22.2. The molecule has 0 atom stereocenters. The first kappa shape index (κ1) is 21.2. The molecule has 0 aliphatic heterocycles. The normalized spacial score (nSPS) is 11.5. The molecule has 1 aromatic heterocycles. The number of nitrogens with zero attached hydrogens (tertiary/aromatic N) is 2. The minimum Gasteiger partial charge on any atom is -0.298 e. The Morgan fingerprint density at radius 2 is 1.84 bits per heavy atom. The molecular weight excluding hydrogens is 461 g/mol. The highest BCUT2D eigenvalue weighted by Crippen LogP contribution is 2.30. The highest BCUT2D eigenvalue weighted by Gasteiger charge is 2.25. The summed E-state index contributed by atoms with van der Waals surface area (Å²) >= 11 is 7.28. The first-order chi connectivity index (χ1) is 14.8. The maximum atomic E-state index is 13.4. The van der Waals surface area contributed by atoms with E-state index in [0.29, 0.717) is 15.9 Å². The number of carbonyl (C=O) groups excluding carboxylic acids is 1. The summed E-state index contributed by atoms with van der Waals surface area (Å²) in [5.41, 5.74) is 1.09. The van der Waals surface area contributed by atoms with Crippen LogP contribution in [0.25, 0.3) is 10.2 Å². The Bertz CT molecular complexity index is 1390. The van der Waals surface area contributed by atoms with Crippen LogP contribution < -0.4 is 9.62 Å². The van der Waals surface area contributed by atoms with Gasteiger partial charge in [0, 0.05) is 12.6 Å². The van der Waals surface area contributed by atoms with Gasteiger partial charge in [-0.2, -0.15) is 0 Å². The minimum atomic E-state index is -4.01. The lowest BCUT2D eigenvalue weighted by Gasteiger charge is -2.20. The van der Waals surface area contributed by atoms with E-state index in [0.717, 1.165) is 15.6 Å². The first-order valence-corrected chi connectivity index (χ1v) is 11.6. The number of hydrogen-bond acceptors (Lipinski definition) is 5. The van der Waals surface area contributed by atoms with Crippen LogP contribution in [0.5, 0.6) is 0 Å². The zero-order valence-corrected chi connectivity index (χ0v) is 18.4. The van der Waals surface area contributed by atoms with Crippen LogP contribution in [0.2, 0.25) is 5.02 Å². The molecule has 0 fully saturated rings. The van der Waals surface area contributed by atoms with Gasteiger partial charge in [-0.3, -0.25) is 14.4 Å². The SMILES string of the molecule is CN(c1ccccc1)S(=O)(=O)c1cc(C(=O)Nc2nc3ccc(F)cc3s2)ccc1Cl. The van der Waals surface area contributed by atoms with E-state index in [4.69, 9.17) is 11.6 Å². The summed E-state index contributed by atoms with van der Waals surface area (Å²) in [6, 6.07) is 16.6. The van der Waals surface area contributed by atoms with Crippen molar-refractivity contribution in [2.45, 2.75) is 4.90 Å². The van der Waals surface area contributed by atoms with Crippen LogP contribution in [0.3, 0.4) is 0 Å². The Kier molecular flexibility index (Phi) is 5.65. The Morgan fingerprint density at radius 1 is 1.10 bits per heavy atom. The van der Waals surface area contributed by atoms with Crippen molar-refractivity contribution in [3.8, 4) is 0 Å². The second kappa shape index (κ2) is 8.26. The average Bonchev–Trinajstić information content (AvgIpc) is 3.15. The van der Waals surface area contributed by atoms with Crippen molar-refractivity contribution in [3.05, 3.63) is 83.1 Å². The Labute approximate surface area is 187 Å². The predicted molar refractivity (Wildman–Crippen MR) is 121 cm³/mol. The molecule has 4 rings (SSSR count). The van der Waals surface area contributed by atoms with Gasteiger partial charge >= 0.3 is 0 Å². The molecule has 1 N–H and O–H groups in total. The van der Waals surface area contributed by atoms with Gasteiger partial charge in [-0.1, -0.05) is 41.1 Å². The van der Waals surface area contributed by atoms with Gasteiger partial charge in [0.2, 0.25) is 0 Å². The van der Waals surface area contributed by atoms with Crippen molar-refractivity contribution in [2.24, 2.45) is 0 Å². The van der Waals surface area contributed by atoms with Gasteiger partial charge in [-0.25, -0.2) is 17.8 Å². The summed E-state index contributed by atoms with van der Waals surface area (Å²) in [5.74, 6) is -0.959. The molecule has 6 nitrogen and oxygen atoms in total. The third-order valence-electron chi connectivity index (χ3n) is 4.52. The van der Waals surface area contributed by atoms with Crippen LogP contribution in [0.1, 0.15) is 10.4 Å². The predicted octanol–water partition coefficient (Wildman–Crippen LogP) is 5.17. The molecular formula is C21H15ClFN3O3S2. The van der Waals surface area contributed by atoms with Crippen LogP contribution >= 0.6 is 22.9 Å². The molecule has 0 unspecified atom stereocenters. The van der Waals surface area contributed by atoms with Crippen LogP contribution in [-0.4, -0.2) is 26.4 Å². The summed E-state index contributed by atoms with van der Waals surface area (Å²) in [7, 11) is -2.60. The number of carbonyl (C=O) groups is 1. The summed E-state index contributed by atoms with van der Waals surface area (Å²) < 4.78 is 41.3. The Morgan fingerprint density at radius 3 is 2.58 bits per heavy atom. The van der Waals surface area contributed by atoms with Crippen LogP contribution in [-0.2, 0) is 10.0 Å². The average molecular weight is 476 g/mol. The van der Waals surface area contributed by atoms with Gasteiger partial charge in [-0.15, -0.1) is 0 Å². The van der Waals surface area contributed by atoms with Crippen LogP contribution in [0.15, 0.2) is 71.6 Å². The number of fused-ring (bicyclic) bond motifs is 1. The van der Waals surface area contributed by atoms with E-state index in [9.17, 15) is 17.6 Å². The molecule has 0 saturated carbocycles. The molecule has 0 radical (unpaired) electrons. The van der Waals surface area contributed by atoms with Crippen LogP contribution in [0, 0.1) is 5.82 Å². The van der Waals surface area contributed by atoms with E-state index in [-0.39, 0.29) is 20.6 Å². The number of hydrogen-bond donors (Lipinski definition) is 1. The minimum absolute atomic E-state index is 0.00482. The standard InChI is InChI=1S/C21H15ClFN3O3S2/c1-26(15-5-3-2-4-6-15)31(28,29)19-11-13(7-9-16(19)22)20(27)25-21-24-17-10-8-14(23)12-18(17)30-21/h2-12H,1H3,(H,24,25,27). The lowest BCUT2D eigenvalue weighted by atomic mass is 10.2. The summed E-state index contributed by atoms with van der Waals surface area (Å²) in [5, 5.41) is 2.89. The number of nitrogens with one attached hydrogen (secondary N) is 1. The number of anilines is 2. The quantitative estimate of drug-likeness (QED) is 0.432. The van der Waals surface area contributed by atoms with Gasteiger partial charge in [0.25, 0.3) is 15.9 Å². The van der Waals surface area contributed by atoms with Crippen molar-refractivity contribution in [2.75, 3.05) is 16.7 Å². The molecule has 10 heteroatoms. The number of rotatable bonds is 5. The van der Waals surface area contributed by atoms with Crippen LogP contribution in [0.4, 0.5) is 15.2 Å². The van der Waals surface area contributed by atoms with Gasteiger partial charge < -0.3 is 0 Å². The first-order valence-electron chi connectivity index (χ1n) is 8.97. The van der Waals surface area contributed by atoms with E-state index >= 15 is 0 Å². The largest absolute Gasteiger partial charge is 0.298 e. The Balaban J connectivity index is 1.64. The molecule has 3 aromatic carbocycles. The fraction of sp³-hybridized carbons (Fsp3) is 0.0476. The molecule has 0 aliphatic rings. The smallest absolute Gasteiger partial charge is 0.265 e. The molecule has 0 bridgehead atoms. The highest BCUT2D eigenvalue weighted by atomic mass is 35.5. The second-order valence-corrected chi connectivity index (χ2v) is 9.91. The number of sulfonamides is 1. The fourth-order valence-corrected chi connectivity index (χ4v) is 5.47. The molecule has 1 heterocycles. The lowest BCUT2D eigenvalue weighted by molar-refractivity contribution is 0.102. The topological polar surface area (TPSA) is 79.4 Å². The third-order valence-corrected chi connectivity index (χ3v) is 7.72. The monoisotopic (exact) mass is 475 g/mol. The van der Waals surface area contributed by atoms with E-state index in [1.807, 2.05) is 0 Å². The summed E-state index contributed by atoms with van der Waals surface area (Å²) in [6.45, 7) is 0. The zero-order valence-electron chi connectivity index (χ0n) is 16.0. The number of halogens is 2. The number of para-hydroxylation sites is 1. The summed E-state index contributed by atoms with van der Waals surface area (Å²) in [4.78, 5) is 16.8. The molecule has 4 aromatic rings. The molecule has 0 spiro atoms. The third kappa shape index (κ3) is 4.25. The van der Waals surface area contributed by atoms with E-state index in [2.05, 4.69) is 10.3 Å². The Hall–Kier alpha value is -3.01. The number of amides is 1. The maximum Gasteiger partial charge on any atom is 0.265 e. The van der Waals surface area contributed by atoms with Gasteiger partial charge in [0.05, 0.1) is 20.9 Å². The van der Waals surface area contributed by atoms with Crippen molar-refractivity contribution in [1.82, 2.24) is 4.98 Å². The van der Waals surface area contributed by atoms with Gasteiger partial charge in [-0.05, 0) is 48.5 Å². The van der Waals surface area contributed by atoms with Gasteiger partial charge in [0.15, 0.2) is 5.13 Å². The van der Waals surface area contributed by atoms with Crippen molar-refractivity contribution < 1.29 is 17.6 Å². The number of benzene rings is 3.